The van der Waals surface area contributed by atoms with E-state index in [0.29, 0.717) is 0 Å². The molecule has 2 rings (SSSR count). The second-order valence-corrected chi connectivity index (χ2v) is 6.39. The fourth-order valence-electron chi connectivity index (χ4n) is 2.02. The van der Waals surface area contributed by atoms with E-state index in [1.807, 2.05) is 12.1 Å². The summed E-state index contributed by atoms with van der Waals surface area (Å²) in [5.74, 6) is 0.891. The van der Waals surface area contributed by atoms with Crippen LogP contribution in [0.15, 0.2) is 51.4 Å². The molecule has 106 valence electrons. The average molecular weight is 399 g/mol. The van der Waals surface area contributed by atoms with Gasteiger partial charge in [0.1, 0.15) is 5.75 Å². The van der Waals surface area contributed by atoms with Crippen molar-refractivity contribution in [3.8, 4) is 5.75 Å². The Labute approximate surface area is 136 Å². The Balaban J connectivity index is 2.02. The summed E-state index contributed by atoms with van der Waals surface area (Å²) in [6.45, 7) is 2.97. The lowest BCUT2D eigenvalue weighted by Gasteiger charge is -2.16. The summed E-state index contributed by atoms with van der Waals surface area (Å²) in [7, 11) is 1.69. The van der Waals surface area contributed by atoms with Gasteiger partial charge in [-0.05, 0) is 42.3 Å². The van der Waals surface area contributed by atoms with Crippen LogP contribution in [-0.2, 0) is 6.54 Å². The zero-order valence-electron chi connectivity index (χ0n) is 11.5. The highest BCUT2D eigenvalue weighted by atomic mass is 79.9. The van der Waals surface area contributed by atoms with Gasteiger partial charge < -0.3 is 10.1 Å². The van der Waals surface area contributed by atoms with E-state index < -0.39 is 0 Å². The summed E-state index contributed by atoms with van der Waals surface area (Å²) in [4.78, 5) is 0. The number of methoxy groups -OCH3 is 1. The molecule has 0 aliphatic rings. The maximum atomic E-state index is 5.24. The van der Waals surface area contributed by atoms with Crippen LogP contribution in [0.4, 0.5) is 0 Å². The second kappa shape index (κ2) is 7.25. The van der Waals surface area contributed by atoms with E-state index in [2.05, 4.69) is 74.4 Å². The summed E-state index contributed by atoms with van der Waals surface area (Å²) in [6.07, 6.45) is 0. The molecular formula is C16H17Br2NO. The van der Waals surface area contributed by atoms with Gasteiger partial charge in [-0.1, -0.05) is 50.1 Å². The minimum atomic E-state index is 0.267. The van der Waals surface area contributed by atoms with Crippen LogP contribution in [0.1, 0.15) is 24.1 Å². The molecule has 0 bridgehead atoms. The van der Waals surface area contributed by atoms with Gasteiger partial charge in [-0.2, -0.15) is 0 Å². The number of nitrogens with one attached hydrogen (secondary N) is 1. The van der Waals surface area contributed by atoms with E-state index in [4.69, 9.17) is 4.74 Å². The van der Waals surface area contributed by atoms with Gasteiger partial charge in [0.25, 0.3) is 0 Å². The number of hydrogen-bond donors (Lipinski definition) is 1. The number of benzene rings is 2. The Kier molecular flexibility index (Phi) is 5.64. The van der Waals surface area contributed by atoms with E-state index in [0.717, 1.165) is 21.2 Å². The molecular weight excluding hydrogens is 382 g/mol. The Hall–Kier alpha value is -0.840. The van der Waals surface area contributed by atoms with Gasteiger partial charge in [0.15, 0.2) is 0 Å². The second-order valence-electron chi connectivity index (χ2n) is 4.62. The minimum Gasteiger partial charge on any atom is -0.497 e. The van der Waals surface area contributed by atoms with Crippen molar-refractivity contribution < 1.29 is 4.74 Å². The number of hydrogen-bond acceptors (Lipinski definition) is 2. The van der Waals surface area contributed by atoms with Crippen molar-refractivity contribution in [1.29, 1.82) is 0 Å². The lowest BCUT2D eigenvalue weighted by Crippen LogP contribution is -2.18. The topological polar surface area (TPSA) is 21.3 Å². The molecule has 2 nitrogen and oxygen atoms in total. The van der Waals surface area contributed by atoms with Crippen LogP contribution in [-0.4, -0.2) is 7.11 Å². The zero-order chi connectivity index (χ0) is 14.5. The van der Waals surface area contributed by atoms with Crippen molar-refractivity contribution in [2.24, 2.45) is 0 Å². The smallest absolute Gasteiger partial charge is 0.119 e. The van der Waals surface area contributed by atoms with Gasteiger partial charge >= 0.3 is 0 Å². The zero-order valence-corrected chi connectivity index (χ0v) is 14.7. The average Bonchev–Trinajstić information content (AvgIpc) is 2.45. The number of ether oxygens (including phenoxy) is 1. The lowest BCUT2D eigenvalue weighted by molar-refractivity contribution is 0.414. The third-order valence-corrected chi connectivity index (χ3v) is 4.36. The molecule has 0 aliphatic heterocycles. The molecule has 4 heteroatoms. The first-order chi connectivity index (χ1) is 9.60. The van der Waals surface area contributed by atoms with Crippen LogP contribution < -0.4 is 10.1 Å². The van der Waals surface area contributed by atoms with Crippen LogP contribution in [0.2, 0.25) is 0 Å². The van der Waals surface area contributed by atoms with Crippen LogP contribution in [0, 0.1) is 0 Å². The number of halogens is 2. The van der Waals surface area contributed by atoms with Crippen molar-refractivity contribution in [2.45, 2.75) is 19.5 Å². The lowest BCUT2D eigenvalue weighted by atomic mass is 10.1. The van der Waals surface area contributed by atoms with Crippen molar-refractivity contribution >= 4 is 31.9 Å². The van der Waals surface area contributed by atoms with E-state index in [1.165, 1.54) is 11.1 Å². The summed E-state index contributed by atoms with van der Waals surface area (Å²) >= 11 is 7.08. The van der Waals surface area contributed by atoms with Crippen molar-refractivity contribution in [2.75, 3.05) is 7.11 Å². The maximum absolute atomic E-state index is 5.24. The molecule has 2 aromatic carbocycles. The predicted molar refractivity (Wildman–Crippen MR) is 90.1 cm³/mol. The van der Waals surface area contributed by atoms with Crippen molar-refractivity contribution in [3.63, 3.8) is 0 Å². The summed E-state index contributed by atoms with van der Waals surface area (Å²) in [5.41, 5.74) is 2.46. The molecule has 20 heavy (non-hydrogen) atoms. The van der Waals surface area contributed by atoms with E-state index in [-0.39, 0.29) is 6.04 Å². The molecule has 0 fully saturated rings. The standard InChI is InChI=1S/C16H17Br2NO/c1-11(15-7-6-13(17)9-16(15)18)19-10-12-4-3-5-14(8-12)20-2/h3-9,11,19H,10H2,1-2H3. The molecule has 1 atom stereocenters. The quantitative estimate of drug-likeness (QED) is 0.758. The molecule has 0 heterocycles. The molecule has 0 amide bonds. The molecule has 0 aromatic heterocycles. The summed E-state index contributed by atoms with van der Waals surface area (Å²) in [6, 6.07) is 14.6. The minimum absolute atomic E-state index is 0.267. The summed E-state index contributed by atoms with van der Waals surface area (Å²) < 4.78 is 7.42. The van der Waals surface area contributed by atoms with Gasteiger partial charge in [0.2, 0.25) is 0 Å². The molecule has 0 spiro atoms. The molecule has 0 saturated carbocycles. The Morgan fingerprint density at radius 2 is 1.95 bits per heavy atom. The number of rotatable bonds is 5. The molecule has 1 N–H and O–H groups in total. The Bertz CT molecular complexity index is 586. The van der Waals surface area contributed by atoms with Crippen molar-refractivity contribution in [3.05, 3.63) is 62.5 Å². The fraction of sp³-hybridized carbons (Fsp3) is 0.250. The van der Waals surface area contributed by atoms with E-state index in [1.54, 1.807) is 7.11 Å². The van der Waals surface area contributed by atoms with Gasteiger partial charge in [0, 0.05) is 21.5 Å². The summed E-state index contributed by atoms with van der Waals surface area (Å²) in [5, 5.41) is 3.53. The highest BCUT2D eigenvalue weighted by molar-refractivity contribution is 9.11. The van der Waals surface area contributed by atoms with Gasteiger partial charge in [-0.3, -0.25) is 0 Å². The monoisotopic (exact) mass is 397 g/mol. The van der Waals surface area contributed by atoms with Crippen molar-refractivity contribution in [1.82, 2.24) is 5.32 Å². The molecule has 2 aromatic rings. The van der Waals surface area contributed by atoms with Crippen LogP contribution in [0.25, 0.3) is 0 Å². The molecule has 1 unspecified atom stereocenters. The van der Waals surface area contributed by atoms with Crippen LogP contribution >= 0.6 is 31.9 Å². The van der Waals surface area contributed by atoms with Crippen LogP contribution in [0.3, 0.4) is 0 Å². The highest BCUT2D eigenvalue weighted by Gasteiger charge is 2.09. The third-order valence-electron chi connectivity index (χ3n) is 3.18. The molecule has 0 saturated heterocycles. The first-order valence-corrected chi connectivity index (χ1v) is 8.00. The van der Waals surface area contributed by atoms with Crippen LogP contribution in [0.5, 0.6) is 5.75 Å². The largest absolute Gasteiger partial charge is 0.497 e. The Morgan fingerprint density at radius 1 is 1.15 bits per heavy atom. The third kappa shape index (κ3) is 4.08. The van der Waals surface area contributed by atoms with Gasteiger partial charge in [0.05, 0.1) is 7.11 Å². The SMILES string of the molecule is COc1cccc(CNC(C)c2ccc(Br)cc2Br)c1. The first-order valence-electron chi connectivity index (χ1n) is 6.41. The maximum Gasteiger partial charge on any atom is 0.119 e. The molecule has 0 radical (unpaired) electrons. The fourth-order valence-corrected chi connectivity index (χ4v) is 3.41. The van der Waals surface area contributed by atoms with Gasteiger partial charge in [-0.25, -0.2) is 0 Å². The first kappa shape index (κ1) is 15.5. The van der Waals surface area contributed by atoms with E-state index in [9.17, 15) is 0 Å². The highest BCUT2D eigenvalue weighted by Crippen LogP contribution is 2.27. The van der Waals surface area contributed by atoms with Gasteiger partial charge in [-0.15, -0.1) is 0 Å². The Morgan fingerprint density at radius 3 is 2.65 bits per heavy atom. The molecule has 0 aliphatic carbocycles. The normalized spacial score (nSPS) is 12.2. The van der Waals surface area contributed by atoms with E-state index >= 15 is 0 Å². The predicted octanol–water partition coefficient (Wildman–Crippen LogP) is 5.07.